The first-order chi connectivity index (χ1) is 17.9. The number of methoxy groups -OCH3 is 1. The summed E-state index contributed by atoms with van der Waals surface area (Å²) in [5, 5.41) is 3.68. The van der Waals surface area contributed by atoms with Crippen LogP contribution in [0, 0.1) is 5.92 Å². The van der Waals surface area contributed by atoms with Gasteiger partial charge in [-0.05, 0) is 74.8 Å². The van der Waals surface area contributed by atoms with Crippen molar-refractivity contribution in [3.63, 3.8) is 0 Å². The van der Waals surface area contributed by atoms with Crippen LogP contribution < -0.4 is 5.32 Å². The minimum Gasteiger partial charge on any atom is -0.497 e. The zero-order valence-electron chi connectivity index (χ0n) is 24.5. The van der Waals surface area contributed by atoms with E-state index in [0.29, 0.717) is 12.5 Å². The summed E-state index contributed by atoms with van der Waals surface area (Å²) in [5.74, 6) is 2.00. The van der Waals surface area contributed by atoms with Crippen LogP contribution in [-0.4, -0.2) is 19.2 Å². The topological polar surface area (TPSA) is 46.0 Å². The van der Waals surface area contributed by atoms with E-state index in [9.17, 15) is 0 Å². The number of nitrogens with zero attached hydrogens (tertiary/aromatic N) is 2. The Labute approximate surface area is 226 Å². The smallest absolute Gasteiger partial charge is 0.151 e. The molecule has 4 nitrogen and oxygen atoms in total. The van der Waals surface area contributed by atoms with E-state index in [4.69, 9.17) is 14.7 Å². The van der Waals surface area contributed by atoms with Crippen molar-refractivity contribution < 1.29 is 4.74 Å². The fourth-order valence-electron chi connectivity index (χ4n) is 3.33. The summed E-state index contributed by atoms with van der Waals surface area (Å²) < 4.78 is 5.67. The van der Waals surface area contributed by atoms with Gasteiger partial charge in [0, 0.05) is 11.9 Å². The van der Waals surface area contributed by atoms with Crippen molar-refractivity contribution in [1.82, 2.24) is 5.32 Å². The molecule has 0 fully saturated rings. The number of hydrogen-bond acceptors (Lipinski definition) is 3. The van der Waals surface area contributed by atoms with Crippen molar-refractivity contribution in [2.24, 2.45) is 15.9 Å². The molecule has 0 heterocycles. The fourth-order valence-corrected chi connectivity index (χ4v) is 3.33. The third-order valence-electron chi connectivity index (χ3n) is 5.85. The van der Waals surface area contributed by atoms with E-state index >= 15 is 0 Å². The standard InChI is InChI=1S/C33H49N3O/c1-9-13-16-21-30(37-8)23-29(12-4)31(22-14-10-2)36-33(35-25-28-19-17-15-18-20-28)32(26(5)6)34-24-27(7)11-3/h12,15-24,27H,9-11,13-14,25H2,1-8H3,(H,35,36)/b21-16+,29-12+,30-23+,31-22+,34-24?. The summed E-state index contributed by atoms with van der Waals surface area (Å²) in [6, 6.07) is 10.3. The minimum atomic E-state index is 0.396. The van der Waals surface area contributed by atoms with Crippen LogP contribution in [0.2, 0.25) is 0 Å². The Morgan fingerprint density at radius 2 is 1.76 bits per heavy atom. The number of benzene rings is 1. The van der Waals surface area contributed by atoms with E-state index < -0.39 is 0 Å². The Kier molecular flexibility index (Phi) is 16.4. The summed E-state index contributed by atoms with van der Waals surface area (Å²) >= 11 is 0. The lowest BCUT2D eigenvalue weighted by molar-refractivity contribution is 0.306. The molecule has 0 aromatic heterocycles. The van der Waals surface area contributed by atoms with Gasteiger partial charge in [0.15, 0.2) is 5.84 Å². The first-order valence-electron chi connectivity index (χ1n) is 13.8. The van der Waals surface area contributed by atoms with E-state index in [1.807, 2.05) is 18.4 Å². The second-order valence-electron chi connectivity index (χ2n) is 9.38. The van der Waals surface area contributed by atoms with Crippen molar-refractivity contribution >= 4 is 12.1 Å². The maximum absolute atomic E-state index is 5.67. The molecular weight excluding hydrogens is 454 g/mol. The Balaban J connectivity index is 3.55. The van der Waals surface area contributed by atoms with E-state index in [0.717, 1.165) is 71.8 Å². The van der Waals surface area contributed by atoms with E-state index in [-0.39, 0.29) is 0 Å². The number of ether oxygens (including phenoxy) is 1. The van der Waals surface area contributed by atoms with E-state index in [1.54, 1.807) is 7.11 Å². The molecule has 1 aromatic carbocycles. The van der Waals surface area contributed by atoms with Crippen molar-refractivity contribution in [1.29, 1.82) is 0 Å². The lowest BCUT2D eigenvalue weighted by Gasteiger charge is -2.17. The predicted octanol–water partition coefficient (Wildman–Crippen LogP) is 9.10. The summed E-state index contributed by atoms with van der Waals surface area (Å²) in [6.45, 7) is 15.6. The zero-order chi connectivity index (χ0) is 27.5. The highest BCUT2D eigenvalue weighted by Crippen LogP contribution is 2.18. The molecule has 202 valence electrons. The normalized spacial score (nSPS) is 14.4. The van der Waals surface area contributed by atoms with Gasteiger partial charge in [-0.1, -0.05) is 89.1 Å². The molecule has 0 amide bonds. The Morgan fingerprint density at radius 1 is 1.05 bits per heavy atom. The number of allylic oxidation sites excluding steroid dienone is 6. The van der Waals surface area contributed by atoms with Gasteiger partial charge in [-0.25, -0.2) is 0 Å². The van der Waals surface area contributed by atoms with Gasteiger partial charge < -0.3 is 10.1 Å². The van der Waals surface area contributed by atoms with Gasteiger partial charge >= 0.3 is 0 Å². The summed E-state index contributed by atoms with van der Waals surface area (Å²) in [6.07, 6.45) is 17.9. The molecule has 1 N–H and O–H groups in total. The molecule has 1 rings (SSSR count). The van der Waals surface area contributed by atoms with Crippen LogP contribution in [-0.2, 0) is 11.3 Å². The minimum absolute atomic E-state index is 0.396. The maximum Gasteiger partial charge on any atom is 0.151 e. The highest BCUT2D eigenvalue weighted by atomic mass is 16.5. The Bertz CT molecular complexity index is 1000. The van der Waals surface area contributed by atoms with Crippen molar-refractivity contribution in [2.45, 2.75) is 87.1 Å². The molecule has 0 aliphatic heterocycles. The van der Waals surface area contributed by atoms with Crippen LogP contribution in [0.3, 0.4) is 0 Å². The zero-order valence-corrected chi connectivity index (χ0v) is 24.5. The van der Waals surface area contributed by atoms with Gasteiger partial charge in [0.25, 0.3) is 0 Å². The van der Waals surface area contributed by atoms with E-state index in [1.165, 1.54) is 0 Å². The van der Waals surface area contributed by atoms with Gasteiger partial charge in [0.2, 0.25) is 0 Å². The van der Waals surface area contributed by atoms with Gasteiger partial charge in [-0.2, -0.15) is 0 Å². The van der Waals surface area contributed by atoms with Crippen molar-refractivity contribution in [3.05, 3.63) is 94.6 Å². The van der Waals surface area contributed by atoms with Crippen LogP contribution in [0.1, 0.15) is 86.1 Å². The highest BCUT2D eigenvalue weighted by molar-refractivity contribution is 6.01. The molecule has 0 aliphatic rings. The average molecular weight is 504 g/mol. The van der Waals surface area contributed by atoms with Gasteiger partial charge in [0.05, 0.1) is 13.7 Å². The summed E-state index contributed by atoms with van der Waals surface area (Å²) in [5.41, 5.74) is 5.22. The third kappa shape index (κ3) is 12.6. The molecule has 37 heavy (non-hydrogen) atoms. The average Bonchev–Trinajstić information content (AvgIpc) is 2.91. The second-order valence-corrected chi connectivity index (χ2v) is 9.38. The molecule has 4 heteroatoms. The quantitative estimate of drug-likeness (QED) is 0.112. The third-order valence-corrected chi connectivity index (χ3v) is 5.85. The molecule has 0 radical (unpaired) electrons. The lowest BCUT2D eigenvalue weighted by atomic mass is 10.1. The molecule has 0 saturated carbocycles. The first-order valence-corrected chi connectivity index (χ1v) is 13.8. The first kappa shape index (κ1) is 31.9. The van der Waals surface area contributed by atoms with Crippen LogP contribution >= 0.6 is 0 Å². The molecular formula is C33H49N3O. The second kappa shape index (κ2) is 19.0. The number of aliphatic imine (C=N–C) groups is 2. The molecule has 0 bridgehead atoms. The van der Waals surface area contributed by atoms with Crippen LogP contribution in [0.15, 0.2) is 99.0 Å². The largest absolute Gasteiger partial charge is 0.497 e. The van der Waals surface area contributed by atoms with Crippen molar-refractivity contribution in [2.75, 3.05) is 7.11 Å². The van der Waals surface area contributed by atoms with Crippen LogP contribution in [0.5, 0.6) is 0 Å². The number of unbranched alkanes of at least 4 members (excludes halogenated alkanes) is 2. The molecule has 0 spiro atoms. The SMILES string of the molecule is C/C=C(\C=C(/C=C/CCC)OC)C(=C\CCC)/NC(=NCc1ccccc1)C(N=CC(C)CC)=C(C)C. The highest BCUT2D eigenvalue weighted by Gasteiger charge is 2.13. The molecule has 0 saturated heterocycles. The predicted molar refractivity (Wildman–Crippen MR) is 163 cm³/mol. The lowest BCUT2D eigenvalue weighted by Crippen LogP contribution is -2.26. The van der Waals surface area contributed by atoms with Crippen LogP contribution in [0.25, 0.3) is 0 Å². The van der Waals surface area contributed by atoms with E-state index in [2.05, 4.69) is 102 Å². The number of rotatable bonds is 15. The van der Waals surface area contributed by atoms with Gasteiger partial charge in [0.1, 0.15) is 11.5 Å². The van der Waals surface area contributed by atoms with Crippen molar-refractivity contribution in [3.8, 4) is 0 Å². The Hall–Kier alpha value is -3.14. The summed E-state index contributed by atoms with van der Waals surface area (Å²) in [7, 11) is 1.72. The van der Waals surface area contributed by atoms with Crippen LogP contribution in [0.4, 0.5) is 0 Å². The van der Waals surface area contributed by atoms with Gasteiger partial charge in [-0.15, -0.1) is 0 Å². The molecule has 1 atom stereocenters. The molecule has 1 unspecified atom stereocenters. The Morgan fingerprint density at radius 3 is 2.32 bits per heavy atom. The number of nitrogens with one attached hydrogen (secondary N) is 1. The monoisotopic (exact) mass is 503 g/mol. The number of amidine groups is 1. The summed E-state index contributed by atoms with van der Waals surface area (Å²) in [4.78, 5) is 9.96. The molecule has 0 aliphatic carbocycles. The molecule has 1 aromatic rings. The van der Waals surface area contributed by atoms with Gasteiger partial charge in [-0.3, -0.25) is 9.98 Å². The number of hydrogen-bond donors (Lipinski definition) is 1. The maximum atomic E-state index is 5.67. The fraction of sp³-hybridized carbons (Fsp3) is 0.455.